The van der Waals surface area contributed by atoms with Crippen molar-refractivity contribution < 1.29 is 19.4 Å². The van der Waals surface area contributed by atoms with Crippen molar-refractivity contribution >= 4 is 11.9 Å². The summed E-state index contributed by atoms with van der Waals surface area (Å²) in [6.07, 6.45) is 1.94. The quantitative estimate of drug-likeness (QED) is 0.881. The number of methoxy groups -OCH3 is 1. The molecule has 2 aromatic rings. The number of hydrogen-bond donors (Lipinski definition) is 1. The molecule has 0 saturated carbocycles. The van der Waals surface area contributed by atoms with Gasteiger partial charge in [-0.2, -0.15) is 0 Å². The van der Waals surface area contributed by atoms with Gasteiger partial charge in [-0.1, -0.05) is 18.2 Å². The first kappa shape index (κ1) is 17.5. The van der Waals surface area contributed by atoms with Crippen LogP contribution in [0.2, 0.25) is 0 Å². The summed E-state index contributed by atoms with van der Waals surface area (Å²) in [5.74, 6) is -0.632. The maximum Gasteiger partial charge on any atom is 0.335 e. The molecule has 1 unspecified atom stereocenters. The molecule has 0 bridgehead atoms. The van der Waals surface area contributed by atoms with Crippen LogP contribution < -0.4 is 4.74 Å². The number of benzene rings is 1. The van der Waals surface area contributed by atoms with Crippen LogP contribution in [0.25, 0.3) is 0 Å². The van der Waals surface area contributed by atoms with Crippen molar-refractivity contribution in [2.75, 3.05) is 14.2 Å². The highest BCUT2D eigenvalue weighted by atomic mass is 16.5. The van der Waals surface area contributed by atoms with Crippen molar-refractivity contribution in [1.82, 2.24) is 9.88 Å². The molecule has 0 fully saturated rings. The topological polar surface area (TPSA) is 79.7 Å². The molecule has 0 aliphatic carbocycles. The van der Waals surface area contributed by atoms with Crippen LogP contribution in [0.3, 0.4) is 0 Å². The van der Waals surface area contributed by atoms with Crippen molar-refractivity contribution in [2.45, 2.75) is 19.4 Å². The maximum absolute atomic E-state index is 12.5. The zero-order valence-corrected chi connectivity index (χ0v) is 13.9. The molecule has 0 aliphatic heterocycles. The lowest BCUT2D eigenvalue weighted by atomic mass is 10.0. The number of carbonyl (C=O) groups is 2. The van der Waals surface area contributed by atoms with E-state index in [9.17, 15) is 9.59 Å². The maximum atomic E-state index is 12.5. The predicted molar refractivity (Wildman–Crippen MR) is 89.4 cm³/mol. The molecule has 0 spiro atoms. The number of hydrogen-bond acceptors (Lipinski definition) is 4. The molecular weight excluding hydrogens is 308 g/mol. The van der Waals surface area contributed by atoms with Gasteiger partial charge in [0.05, 0.1) is 12.7 Å². The van der Waals surface area contributed by atoms with Crippen LogP contribution in [0.5, 0.6) is 5.75 Å². The van der Waals surface area contributed by atoms with E-state index >= 15 is 0 Å². The lowest BCUT2D eigenvalue weighted by molar-refractivity contribution is 0.0696. The highest BCUT2D eigenvalue weighted by Crippen LogP contribution is 2.20. The number of rotatable bonds is 6. The third-order valence-electron chi connectivity index (χ3n) is 3.92. The van der Waals surface area contributed by atoms with Gasteiger partial charge in [0.25, 0.3) is 5.91 Å². The zero-order chi connectivity index (χ0) is 17.7. The first-order valence-corrected chi connectivity index (χ1v) is 7.52. The number of para-hydroxylation sites is 1. The molecule has 0 aliphatic rings. The number of aromatic nitrogens is 1. The Bertz CT molecular complexity index is 745. The predicted octanol–water partition coefficient (Wildman–Crippen LogP) is 2.49. The van der Waals surface area contributed by atoms with Gasteiger partial charge in [-0.3, -0.25) is 9.78 Å². The van der Waals surface area contributed by atoms with E-state index < -0.39 is 5.97 Å². The van der Waals surface area contributed by atoms with E-state index in [2.05, 4.69) is 4.98 Å². The number of likely N-dealkylation sites (N-methyl/N-ethyl adjacent to an activating group) is 1. The van der Waals surface area contributed by atoms with Crippen LogP contribution in [0.15, 0.2) is 42.6 Å². The van der Waals surface area contributed by atoms with E-state index in [1.807, 2.05) is 31.2 Å². The Morgan fingerprint density at radius 3 is 2.67 bits per heavy atom. The van der Waals surface area contributed by atoms with Crippen LogP contribution in [0.4, 0.5) is 0 Å². The standard InChI is InChI=1S/C18H20N2O4/c1-12(10-13-6-4-5-7-16(13)24-3)20(2)17(21)15-11-14(18(22)23)8-9-19-15/h4-9,11-12H,10H2,1-3H3,(H,22,23). The lowest BCUT2D eigenvalue weighted by Gasteiger charge is -2.25. The molecule has 6 nitrogen and oxygen atoms in total. The monoisotopic (exact) mass is 328 g/mol. The van der Waals surface area contributed by atoms with Crippen molar-refractivity contribution in [3.63, 3.8) is 0 Å². The average Bonchev–Trinajstić information content (AvgIpc) is 2.60. The Balaban J connectivity index is 2.15. The van der Waals surface area contributed by atoms with Crippen LogP contribution in [0.1, 0.15) is 33.3 Å². The highest BCUT2D eigenvalue weighted by Gasteiger charge is 2.21. The Labute approximate surface area is 140 Å². The van der Waals surface area contributed by atoms with E-state index in [1.165, 1.54) is 18.3 Å². The van der Waals surface area contributed by atoms with Gasteiger partial charge in [0.2, 0.25) is 0 Å². The van der Waals surface area contributed by atoms with E-state index in [0.717, 1.165) is 11.3 Å². The molecular formula is C18H20N2O4. The molecule has 1 atom stereocenters. The van der Waals surface area contributed by atoms with Crippen molar-refractivity contribution in [3.05, 3.63) is 59.4 Å². The molecule has 0 saturated heterocycles. The minimum Gasteiger partial charge on any atom is -0.496 e. The Hall–Kier alpha value is -2.89. The Morgan fingerprint density at radius 2 is 2.00 bits per heavy atom. The van der Waals surface area contributed by atoms with Crippen LogP contribution in [0, 0.1) is 0 Å². The summed E-state index contributed by atoms with van der Waals surface area (Å²) in [6, 6.07) is 10.2. The van der Waals surface area contributed by atoms with E-state index in [-0.39, 0.29) is 23.2 Å². The molecule has 24 heavy (non-hydrogen) atoms. The number of aromatic carboxylic acids is 1. The summed E-state index contributed by atoms with van der Waals surface area (Å²) in [5, 5.41) is 9.02. The first-order chi connectivity index (χ1) is 11.4. The Morgan fingerprint density at radius 1 is 1.29 bits per heavy atom. The second-order valence-electron chi connectivity index (χ2n) is 5.52. The molecule has 1 aromatic carbocycles. The van der Waals surface area contributed by atoms with Gasteiger partial charge in [0, 0.05) is 19.3 Å². The fraction of sp³-hybridized carbons (Fsp3) is 0.278. The number of carboxylic acid groups (broad SMARTS) is 1. The summed E-state index contributed by atoms with van der Waals surface area (Å²) in [7, 11) is 3.29. The number of amides is 1. The lowest BCUT2D eigenvalue weighted by Crippen LogP contribution is -2.37. The van der Waals surface area contributed by atoms with Crippen molar-refractivity contribution in [3.8, 4) is 5.75 Å². The minimum atomic E-state index is -1.09. The number of pyridine rings is 1. The van der Waals surface area contributed by atoms with Gasteiger partial charge in [-0.05, 0) is 37.1 Å². The molecule has 2 rings (SSSR count). The number of nitrogens with zero attached hydrogens (tertiary/aromatic N) is 2. The number of carbonyl (C=O) groups excluding carboxylic acids is 1. The number of ether oxygens (including phenoxy) is 1. The van der Waals surface area contributed by atoms with E-state index in [4.69, 9.17) is 9.84 Å². The highest BCUT2D eigenvalue weighted by molar-refractivity contribution is 5.95. The first-order valence-electron chi connectivity index (χ1n) is 7.52. The third-order valence-corrected chi connectivity index (χ3v) is 3.92. The molecule has 126 valence electrons. The van der Waals surface area contributed by atoms with Crippen LogP contribution >= 0.6 is 0 Å². The second-order valence-corrected chi connectivity index (χ2v) is 5.52. The molecule has 1 amide bonds. The molecule has 1 N–H and O–H groups in total. The van der Waals surface area contributed by atoms with Gasteiger partial charge >= 0.3 is 5.97 Å². The largest absolute Gasteiger partial charge is 0.496 e. The SMILES string of the molecule is COc1ccccc1CC(C)N(C)C(=O)c1cc(C(=O)O)ccn1. The van der Waals surface area contributed by atoms with Gasteiger partial charge in [0.1, 0.15) is 11.4 Å². The smallest absolute Gasteiger partial charge is 0.335 e. The fourth-order valence-corrected chi connectivity index (χ4v) is 2.39. The van der Waals surface area contributed by atoms with Gasteiger partial charge in [0.15, 0.2) is 0 Å². The van der Waals surface area contributed by atoms with Crippen LogP contribution in [-0.4, -0.2) is 47.1 Å². The summed E-state index contributed by atoms with van der Waals surface area (Å²) >= 11 is 0. The van der Waals surface area contributed by atoms with Crippen molar-refractivity contribution in [1.29, 1.82) is 0 Å². The summed E-state index contributed by atoms with van der Waals surface area (Å²) < 4.78 is 5.33. The fourth-order valence-electron chi connectivity index (χ4n) is 2.39. The molecule has 1 heterocycles. The normalized spacial score (nSPS) is 11.6. The molecule has 6 heteroatoms. The summed E-state index contributed by atoms with van der Waals surface area (Å²) in [6.45, 7) is 1.92. The van der Waals surface area contributed by atoms with Gasteiger partial charge < -0.3 is 14.7 Å². The van der Waals surface area contributed by atoms with E-state index in [0.29, 0.717) is 6.42 Å². The van der Waals surface area contributed by atoms with Gasteiger partial charge in [-0.15, -0.1) is 0 Å². The van der Waals surface area contributed by atoms with Gasteiger partial charge in [-0.25, -0.2) is 4.79 Å². The van der Waals surface area contributed by atoms with Crippen molar-refractivity contribution in [2.24, 2.45) is 0 Å². The zero-order valence-electron chi connectivity index (χ0n) is 13.9. The average molecular weight is 328 g/mol. The second kappa shape index (κ2) is 7.59. The summed E-state index contributed by atoms with van der Waals surface area (Å²) in [4.78, 5) is 29.1. The molecule has 0 radical (unpaired) electrons. The molecule has 1 aromatic heterocycles. The van der Waals surface area contributed by atoms with Crippen LogP contribution in [-0.2, 0) is 6.42 Å². The number of carboxylic acids is 1. The van der Waals surface area contributed by atoms with E-state index in [1.54, 1.807) is 19.1 Å². The Kier molecular flexibility index (Phi) is 5.52. The third kappa shape index (κ3) is 3.90. The minimum absolute atomic E-state index is 0.0409. The summed E-state index contributed by atoms with van der Waals surface area (Å²) in [5.41, 5.74) is 1.16.